The van der Waals surface area contributed by atoms with Gasteiger partial charge >= 0.3 is 5.69 Å². The standard InChI is InChI=1S/C20H17BrN6O2/c1-4-5-10-27-16-17(24-19(27)21)26(3)20(28)25-18(16)29-11-15-22-12(2)13-8-6-7-9-14(13)23-15/h6-9H,10-11H2,1-3H3. The van der Waals surface area contributed by atoms with E-state index in [1.54, 1.807) is 18.5 Å². The van der Waals surface area contributed by atoms with E-state index in [1.165, 1.54) is 4.57 Å². The number of nitrogens with zero attached hydrogens (tertiary/aromatic N) is 6. The second-order valence-electron chi connectivity index (χ2n) is 6.36. The molecule has 0 radical (unpaired) electrons. The summed E-state index contributed by atoms with van der Waals surface area (Å²) in [6, 6.07) is 7.79. The third-order valence-corrected chi connectivity index (χ3v) is 5.10. The molecule has 0 aliphatic heterocycles. The largest absolute Gasteiger partial charge is 0.468 e. The Bertz CT molecular complexity index is 1360. The zero-order chi connectivity index (χ0) is 20.5. The molecule has 0 amide bonds. The minimum absolute atomic E-state index is 0.0726. The Hall–Kier alpha value is -3.25. The minimum Gasteiger partial charge on any atom is -0.468 e. The fourth-order valence-corrected chi connectivity index (χ4v) is 3.53. The van der Waals surface area contributed by atoms with Gasteiger partial charge in [-0.05, 0) is 35.8 Å². The molecule has 0 bridgehead atoms. The Morgan fingerprint density at radius 2 is 1.97 bits per heavy atom. The van der Waals surface area contributed by atoms with Crippen LogP contribution in [-0.2, 0) is 20.2 Å². The van der Waals surface area contributed by atoms with E-state index in [1.807, 2.05) is 31.2 Å². The number of fused-ring (bicyclic) bond motifs is 2. The normalized spacial score (nSPS) is 10.9. The van der Waals surface area contributed by atoms with Crippen LogP contribution < -0.4 is 10.4 Å². The molecule has 0 aliphatic rings. The smallest absolute Gasteiger partial charge is 0.352 e. The van der Waals surface area contributed by atoms with Crippen molar-refractivity contribution in [2.75, 3.05) is 0 Å². The van der Waals surface area contributed by atoms with Crippen LogP contribution in [0.1, 0.15) is 18.4 Å². The van der Waals surface area contributed by atoms with Gasteiger partial charge in [-0.15, -0.1) is 5.92 Å². The number of imidazole rings is 1. The van der Waals surface area contributed by atoms with E-state index in [-0.39, 0.29) is 12.5 Å². The molecule has 0 spiro atoms. The van der Waals surface area contributed by atoms with Gasteiger partial charge in [0, 0.05) is 18.1 Å². The van der Waals surface area contributed by atoms with E-state index in [9.17, 15) is 4.79 Å². The van der Waals surface area contributed by atoms with Gasteiger partial charge in [-0.25, -0.2) is 19.7 Å². The lowest BCUT2D eigenvalue weighted by Crippen LogP contribution is -2.22. The van der Waals surface area contributed by atoms with Crippen LogP contribution in [0.4, 0.5) is 0 Å². The van der Waals surface area contributed by atoms with Crippen LogP contribution in [0.2, 0.25) is 0 Å². The molecule has 3 aromatic heterocycles. The summed E-state index contributed by atoms with van der Waals surface area (Å²) in [4.78, 5) is 29.8. The third kappa shape index (κ3) is 3.47. The number of aromatic nitrogens is 6. The first-order chi connectivity index (χ1) is 14.0. The molecular formula is C20H17BrN6O2. The molecular weight excluding hydrogens is 436 g/mol. The van der Waals surface area contributed by atoms with Gasteiger partial charge in [-0.3, -0.25) is 4.57 Å². The number of ether oxygens (including phenoxy) is 1. The summed E-state index contributed by atoms with van der Waals surface area (Å²) in [6.07, 6.45) is 0. The van der Waals surface area contributed by atoms with E-state index in [0.717, 1.165) is 16.6 Å². The predicted molar refractivity (Wildman–Crippen MR) is 113 cm³/mol. The van der Waals surface area contributed by atoms with Crippen LogP contribution in [0.5, 0.6) is 5.88 Å². The predicted octanol–water partition coefficient (Wildman–Crippen LogP) is 2.75. The highest BCUT2D eigenvalue weighted by atomic mass is 79.9. The molecule has 0 unspecified atom stereocenters. The monoisotopic (exact) mass is 452 g/mol. The lowest BCUT2D eigenvalue weighted by atomic mass is 10.2. The van der Waals surface area contributed by atoms with Crippen LogP contribution in [0.15, 0.2) is 33.8 Å². The fraction of sp³-hybridized carbons (Fsp3) is 0.250. The molecule has 1 aromatic carbocycles. The molecule has 8 nitrogen and oxygen atoms in total. The summed E-state index contributed by atoms with van der Waals surface area (Å²) in [5.41, 5.74) is 2.29. The van der Waals surface area contributed by atoms with Crippen molar-refractivity contribution in [2.45, 2.75) is 27.0 Å². The first kappa shape index (κ1) is 19.1. The van der Waals surface area contributed by atoms with Crippen molar-refractivity contribution in [1.82, 2.24) is 29.1 Å². The van der Waals surface area contributed by atoms with Gasteiger partial charge in [-0.2, -0.15) is 4.98 Å². The van der Waals surface area contributed by atoms with Gasteiger partial charge in [0.25, 0.3) is 0 Å². The molecule has 29 heavy (non-hydrogen) atoms. The van der Waals surface area contributed by atoms with E-state index in [2.05, 4.69) is 47.7 Å². The fourth-order valence-electron chi connectivity index (χ4n) is 3.06. The number of aryl methyl sites for hydroxylation is 2. The highest BCUT2D eigenvalue weighted by molar-refractivity contribution is 9.10. The molecule has 0 atom stereocenters. The van der Waals surface area contributed by atoms with Crippen molar-refractivity contribution in [2.24, 2.45) is 7.05 Å². The van der Waals surface area contributed by atoms with E-state index < -0.39 is 5.69 Å². The molecule has 0 saturated heterocycles. The minimum atomic E-state index is -0.457. The number of hydrogen-bond donors (Lipinski definition) is 0. The number of rotatable bonds is 4. The molecule has 9 heteroatoms. The number of hydrogen-bond acceptors (Lipinski definition) is 6. The quantitative estimate of drug-likeness (QED) is 0.349. The van der Waals surface area contributed by atoms with E-state index in [0.29, 0.717) is 28.3 Å². The van der Waals surface area contributed by atoms with Crippen molar-refractivity contribution >= 4 is 38.0 Å². The summed E-state index contributed by atoms with van der Waals surface area (Å²) in [7, 11) is 1.62. The summed E-state index contributed by atoms with van der Waals surface area (Å²) in [5, 5.41) is 0.991. The molecule has 4 aromatic rings. The topological polar surface area (TPSA) is 87.7 Å². The van der Waals surface area contributed by atoms with Crippen LogP contribution in [0.3, 0.4) is 0 Å². The molecule has 3 heterocycles. The van der Waals surface area contributed by atoms with Gasteiger partial charge < -0.3 is 9.30 Å². The first-order valence-corrected chi connectivity index (χ1v) is 9.66. The molecule has 0 fully saturated rings. The Kier molecular flexibility index (Phi) is 5.03. The summed E-state index contributed by atoms with van der Waals surface area (Å²) >= 11 is 3.43. The number of para-hydroxylation sites is 1. The second-order valence-corrected chi connectivity index (χ2v) is 7.06. The van der Waals surface area contributed by atoms with Crippen molar-refractivity contribution < 1.29 is 4.74 Å². The Labute approximate surface area is 174 Å². The highest BCUT2D eigenvalue weighted by Crippen LogP contribution is 2.26. The summed E-state index contributed by atoms with van der Waals surface area (Å²) in [6.45, 7) is 4.15. The number of benzene rings is 1. The average Bonchev–Trinajstić information content (AvgIpc) is 3.04. The maximum Gasteiger partial charge on any atom is 0.352 e. The van der Waals surface area contributed by atoms with E-state index in [4.69, 9.17) is 4.74 Å². The zero-order valence-electron chi connectivity index (χ0n) is 16.1. The van der Waals surface area contributed by atoms with Crippen LogP contribution >= 0.6 is 15.9 Å². The van der Waals surface area contributed by atoms with Gasteiger partial charge in [0.2, 0.25) is 5.88 Å². The Morgan fingerprint density at radius 3 is 2.76 bits per heavy atom. The molecule has 0 aliphatic carbocycles. The lowest BCUT2D eigenvalue weighted by Gasteiger charge is -2.10. The van der Waals surface area contributed by atoms with Crippen molar-refractivity contribution in [1.29, 1.82) is 0 Å². The molecule has 146 valence electrons. The van der Waals surface area contributed by atoms with Gasteiger partial charge in [0.15, 0.2) is 21.7 Å². The van der Waals surface area contributed by atoms with Crippen molar-refractivity contribution in [3.05, 3.63) is 51.0 Å². The third-order valence-electron chi connectivity index (χ3n) is 4.50. The molecule has 0 N–H and O–H groups in total. The van der Waals surface area contributed by atoms with Crippen molar-refractivity contribution in [3.63, 3.8) is 0 Å². The van der Waals surface area contributed by atoms with Crippen LogP contribution in [0.25, 0.3) is 22.1 Å². The maximum absolute atomic E-state index is 12.3. The summed E-state index contributed by atoms with van der Waals surface area (Å²) < 4.78 is 9.62. The van der Waals surface area contributed by atoms with Crippen LogP contribution in [-0.4, -0.2) is 29.1 Å². The lowest BCUT2D eigenvalue weighted by molar-refractivity contribution is 0.285. The van der Waals surface area contributed by atoms with Crippen molar-refractivity contribution in [3.8, 4) is 17.7 Å². The number of halogens is 1. The SMILES string of the molecule is CC#CCn1c(Br)nc2c1c(OCc1nc(C)c3ccccc3n1)nc(=O)n2C. The molecule has 0 saturated carbocycles. The summed E-state index contributed by atoms with van der Waals surface area (Å²) in [5.74, 6) is 6.53. The Balaban J connectivity index is 1.77. The highest BCUT2D eigenvalue weighted by Gasteiger charge is 2.19. The second kappa shape index (κ2) is 7.64. The molecule has 4 rings (SSSR count). The maximum atomic E-state index is 12.3. The van der Waals surface area contributed by atoms with Gasteiger partial charge in [0.1, 0.15) is 6.61 Å². The van der Waals surface area contributed by atoms with Crippen LogP contribution in [0, 0.1) is 18.8 Å². The average molecular weight is 453 g/mol. The Morgan fingerprint density at radius 1 is 1.17 bits per heavy atom. The van der Waals surface area contributed by atoms with E-state index >= 15 is 0 Å². The first-order valence-electron chi connectivity index (χ1n) is 8.87. The van der Waals surface area contributed by atoms with Gasteiger partial charge in [-0.1, -0.05) is 24.1 Å². The van der Waals surface area contributed by atoms with Gasteiger partial charge in [0.05, 0.1) is 12.1 Å². The zero-order valence-corrected chi connectivity index (χ0v) is 17.7.